The van der Waals surface area contributed by atoms with Crippen LogP contribution in [0.2, 0.25) is 0 Å². The normalized spacial score (nSPS) is 13.2. The van der Waals surface area contributed by atoms with E-state index in [1.807, 2.05) is 54.6 Å². The molecule has 4 heteroatoms. The molecule has 0 bridgehead atoms. The van der Waals surface area contributed by atoms with Crippen molar-refractivity contribution in [1.82, 2.24) is 0 Å². The number of aryl methyl sites for hydroxylation is 1. The molecule has 0 unspecified atom stereocenters. The van der Waals surface area contributed by atoms with Crippen LogP contribution in [0.25, 0.3) is 0 Å². The molecule has 26 heavy (non-hydrogen) atoms. The predicted molar refractivity (Wildman–Crippen MR) is 100 cm³/mol. The first kappa shape index (κ1) is 17.8. The van der Waals surface area contributed by atoms with Crippen LogP contribution in [0.15, 0.2) is 72.5 Å². The first-order valence-corrected chi connectivity index (χ1v) is 8.76. The van der Waals surface area contributed by atoms with Crippen molar-refractivity contribution in [2.75, 3.05) is 0 Å². The first-order valence-electron chi connectivity index (χ1n) is 8.76. The van der Waals surface area contributed by atoms with Crippen LogP contribution in [-0.2, 0) is 17.8 Å². The average molecular weight is 350 g/mol. The highest BCUT2D eigenvalue weighted by Crippen LogP contribution is 2.24. The van der Waals surface area contributed by atoms with Gasteiger partial charge in [-0.15, -0.1) is 0 Å². The molecular formula is C22H22O4. The monoisotopic (exact) mass is 350 g/mol. The number of benzene rings is 2. The average Bonchev–Trinajstić information content (AvgIpc) is 2.66. The summed E-state index contributed by atoms with van der Waals surface area (Å²) in [6, 6.07) is 15.4. The quantitative estimate of drug-likeness (QED) is 0.736. The van der Waals surface area contributed by atoms with E-state index in [2.05, 4.69) is 12.2 Å². The van der Waals surface area contributed by atoms with E-state index in [4.69, 9.17) is 14.6 Å². The minimum Gasteiger partial charge on any atom is -0.489 e. The molecule has 2 aromatic rings. The molecule has 0 aliphatic heterocycles. The van der Waals surface area contributed by atoms with Gasteiger partial charge in [-0.05, 0) is 54.7 Å². The van der Waals surface area contributed by atoms with E-state index in [1.165, 1.54) is 0 Å². The smallest absolute Gasteiger partial charge is 0.303 e. The summed E-state index contributed by atoms with van der Waals surface area (Å²) in [7, 11) is 0. The third-order valence-electron chi connectivity index (χ3n) is 4.03. The zero-order valence-electron chi connectivity index (χ0n) is 14.6. The van der Waals surface area contributed by atoms with Crippen molar-refractivity contribution >= 4 is 5.97 Å². The van der Waals surface area contributed by atoms with E-state index in [0.717, 1.165) is 41.2 Å². The van der Waals surface area contributed by atoms with Gasteiger partial charge in [-0.2, -0.15) is 0 Å². The minimum atomic E-state index is -0.786. The molecule has 0 spiro atoms. The van der Waals surface area contributed by atoms with Crippen LogP contribution in [-0.4, -0.2) is 11.1 Å². The van der Waals surface area contributed by atoms with E-state index in [0.29, 0.717) is 13.0 Å². The summed E-state index contributed by atoms with van der Waals surface area (Å²) in [5.74, 6) is 1.56. The lowest BCUT2D eigenvalue weighted by Crippen LogP contribution is -2.00. The van der Waals surface area contributed by atoms with Crippen LogP contribution >= 0.6 is 0 Å². The van der Waals surface area contributed by atoms with E-state index in [9.17, 15) is 4.79 Å². The van der Waals surface area contributed by atoms with Crippen LogP contribution in [0, 0.1) is 0 Å². The van der Waals surface area contributed by atoms with Crippen molar-refractivity contribution in [2.45, 2.75) is 32.3 Å². The minimum absolute atomic E-state index is 0.133. The Bertz CT molecular complexity index is 820. The number of allylic oxidation sites excluding steroid dienone is 3. The summed E-state index contributed by atoms with van der Waals surface area (Å²) in [5, 5.41) is 8.79. The van der Waals surface area contributed by atoms with Gasteiger partial charge in [-0.3, -0.25) is 4.79 Å². The van der Waals surface area contributed by atoms with Gasteiger partial charge in [0.25, 0.3) is 0 Å². The zero-order chi connectivity index (χ0) is 18.2. The van der Waals surface area contributed by atoms with Crippen LogP contribution in [0.4, 0.5) is 0 Å². The van der Waals surface area contributed by atoms with Gasteiger partial charge in [0, 0.05) is 12.5 Å². The number of carboxylic acids is 1. The second-order valence-corrected chi connectivity index (χ2v) is 6.17. The van der Waals surface area contributed by atoms with Gasteiger partial charge in [0.1, 0.15) is 23.9 Å². The fraction of sp³-hybridized carbons (Fsp3) is 0.227. The Morgan fingerprint density at radius 3 is 2.62 bits per heavy atom. The molecule has 4 nitrogen and oxygen atoms in total. The molecule has 0 fully saturated rings. The molecule has 2 aromatic carbocycles. The topological polar surface area (TPSA) is 55.8 Å². The molecule has 0 aromatic heterocycles. The molecule has 0 saturated heterocycles. The van der Waals surface area contributed by atoms with Crippen LogP contribution in [0.1, 0.15) is 30.4 Å². The number of rotatable bonds is 8. The van der Waals surface area contributed by atoms with E-state index in [-0.39, 0.29) is 6.42 Å². The van der Waals surface area contributed by atoms with Crippen LogP contribution < -0.4 is 9.47 Å². The lowest BCUT2D eigenvalue weighted by atomic mass is 10.1. The molecule has 0 amide bonds. The standard InChI is InChI=1S/C22H22O4/c23-22(24)13-12-17-6-4-7-18(14-17)16-25-20-10-5-11-21(15-20)26-19-8-2-1-3-9-19/h2,4-11,14-15H,1,3,12-13,16H2,(H,23,24). The Kier molecular flexibility index (Phi) is 6.09. The molecule has 3 rings (SSSR count). The Morgan fingerprint density at radius 1 is 1.00 bits per heavy atom. The maximum Gasteiger partial charge on any atom is 0.303 e. The zero-order valence-corrected chi connectivity index (χ0v) is 14.6. The lowest BCUT2D eigenvalue weighted by molar-refractivity contribution is -0.136. The molecule has 0 saturated carbocycles. The molecule has 1 aliphatic carbocycles. The fourth-order valence-corrected chi connectivity index (χ4v) is 2.72. The summed E-state index contributed by atoms with van der Waals surface area (Å²) >= 11 is 0. The van der Waals surface area contributed by atoms with Crippen molar-refractivity contribution in [2.24, 2.45) is 0 Å². The second-order valence-electron chi connectivity index (χ2n) is 6.17. The fourth-order valence-electron chi connectivity index (χ4n) is 2.72. The maximum atomic E-state index is 10.7. The number of carboxylic acid groups (broad SMARTS) is 1. The molecule has 0 radical (unpaired) electrons. The van der Waals surface area contributed by atoms with Gasteiger partial charge in [-0.25, -0.2) is 0 Å². The molecular weight excluding hydrogens is 328 g/mol. The number of aliphatic carboxylic acids is 1. The van der Waals surface area contributed by atoms with Crippen molar-refractivity contribution < 1.29 is 19.4 Å². The Labute approximate surface area is 153 Å². The number of carbonyl (C=O) groups is 1. The van der Waals surface area contributed by atoms with Crippen LogP contribution in [0.3, 0.4) is 0 Å². The van der Waals surface area contributed by atoms with Gasteiger partial charge in [-0.1, -0.05) is 36.4 Å². The SMILES string of the molecule is O=C(O)CCc1cccc(COc2cccc(OC3=CCCC=C3)c2)c1. The van der Waals surface area contributed by atoms with E-state index < -0.39 is 5.97 Å². The van der Waals surface area contributed by atoms with Gasteiger partial charge in [0.2, 0.25) is 0 Å². The highest BCUT2D eigenvalue weighted by atomic mass is 16.5. The highest BCUT2D eigenvalue weighted by molar-refractivity contribution is 5.67. The molecule has 1 aliphatic rings. The van der Waals surface area contributed by atoms with Gasteiger partial charge >= 0.3 is 5.97 Å². The van der Waals surface area contributed by atoms with Gasteiger partial charge in [0.05, 0.1) is 0 Å². The van der Waals surface area contributed by atoms with E-state index >= 15 is 0 Å². The summed E-state index contributed by atoms with van der Waals surface area (Å²) in [5.41, 5.74) is 2.01. The van der Waals surface area contributed by atoms with Crippen molar-refractivity contribution in [3.63, 3.8) is 0 Å². The molecule has 134 valence electrons. The Morgan fingerprint density at radius 2 is 1.81 bits per heavy atom. The van der Waals surface area contributed by atoms with Crippen molar-refractivity contribution in [3.05, 3.63) is 83.6 Å². The number of ether oxygens (including phenoxy) is 2. The van der Waals surface area contributed by atoms with Gasteiger partial charge < -0.3 is 14.6 Å². The molecule has 1 N–H and O–H groups in total. The summed E-state index contributed by atoms with van der Waals surface area (Å²) in [4.78, 5) is 10.7. The number of hydrogen-bond donors (Lipinski definition) is 1. The van der Waals surface area contributed by atoms with Crippen molar-refractivity contribution in [3.8, 4) is 11.5 Å². The van der Waals surface area contributed by atoms with Crippen molar-refractivity contribution in [1.29, 1.82) is 0 Å². The number of hydrogen-bond acceptors (Lipinski definition) is 3. The lowest BCUT2D eigenvalue weighted by Gasteiger charge is -2.12. The second kappa shape index (κ2) is 8.90. The molecule has 0 atom stereocenters. The predicted octanol–water partition coefficient (Wildman–Crippen LogP) is 4.90. The Balaban J connectivity index is 1.58. The first-order chi connectivity index (χ1) is 12.7. The van der Waals surface area contributed by atoms with Crippen LogP contribution in [0.5, 0.6) is 11.5 Å². The maximum absolute atomic E-state index is 10.7. The Hall–Kier alpha value is -3.01. The van der Waals surface area contributed by atoms with Gasteiger partial charge in [0.15, 0.2) is 0 Å². The largest absolute Gasteiger partial charge is 0.489 e. The molecule has 0 heterocycles. The highest BCUT2D eigenvalue weighted by Gasteiger charge is 2.04. The van der Waals surface area contributed by atoms with E-state index in [1.54, 1.807) is 0 Å². The third kappa shape index (κ3) is 5.52. The summed E-state index contributed by atoms with van der Waals surface area (Å²) in [6.07, 6.45) is 8.88. The summed E-state index contributed by atoms with van der Waals surface area (Å²) in [6.45, 7) is 0.424. The third-order valence-corrected chi connectivity index (χ3v) is 4.03. The summed E-state index contributed by atoms with van der Waals surface area (Å²) < 4.78 is 11.7.